The molecule has 0 spiro atoms. The van der Waals surface area contributed by atoms with Crippen molar-refractivity contribution in [2.45, 2.75) is 45.8 Å². The van der Waals surface area contributed by atoms with Gasteiger partial charge in [-0.1, -0.05) is 65.7 Å². The summed E-state index contributed by atoms with van der Waals surface area (Å²) in [5, 5.41) is 5.80. The number of benzene rings is 3. The lowest BCUT2D eigenvalue weighted by atomic mass is 10.1. The Morgan fingerprint density at radius 3 is 2.42 bits per heavy atom. The van der Waals surface area contributed by atoms with E-state index in [0.717, 1.165) is 10.8 Å². The number of carbonyl (C=O) groups excluding carboxylic acids is 2. The van der Waals surface area contributed by atoms with Crippen molar-refractivity contribution in [1.29, 1.82) is 0 Å². The average Bonchev–Trinajstić information content (AvgIpc) is 2.75. The molecule has 5 nitrogen and oxygen atoms in total. The molecule has 0 radical (unpaired) electrons. The maximum absolute atomic E-state index is 13.3. The van der Waals surface area contributed by atoms with Gasteiger partial charge in [-0.25, -0.2) is 0 Å². The van der Waals surface area contributed by atoms with Gasteiger partial charge < -0.3 is 15.0 Å². The molecule has 0 aliphatic rings. The van der Waals surface area contributed by atoms with Gasteiger partial charge in [-0.05, 0) is 56.8 Å². The topological polar surface area (TPSA) is 58.6 Å². The lowest BCUT2D eigenvalue weighted by Gasteiger charge is -2.31. The van der Waals surface area contributed by atoms with E-state index in [1.807, 2.05) is 63.2 Å². The molecule has 0 saturated carbocycles. The van der Waals surface area contributed by atoms with E-state index >= 15 is 0 Å². The van der Waals surface area contributed by atoms with Crippen molar-refractivity contribution in [2.24, 2.45) is 0 Å². The molecule has 2 amide bonds. The zero-order valence-electron chi connectivity index (χ0n) is 19.2. The first-order valence-electron chi connectivity index (χ1n) is 10.7. The molecule has 0 fully saturated rings. The van der Waals surface area contributed by atoms with Crippen molar-refractivity contribution >= 4 is 45.8 Å². The Hall–Kier alpha value is -2.76. The van der Waals surface area contributed by atoms with Crippen LogP contribution in [0.15, 0.2) is 60.7 Å². The third-order valence-corrected chi connectivity index (χ3v) is 5.71. The first kappa shape index (κ1) is 24.9. The van der Waals surface area contributed by atoms with Gasteiger partial charge in [0.25, 0.3) is 5.91 Å². The molecule has 7 heteroatoms. The molecule has 0 bridgehead atoms. The zero-order chi connectivity index (χ0) is 24.2. The second kappa shape index (κ2) is 10.4. The Labute approximate surface area is 204 Å². The maximum Gasteiger partial charge on any atom is 0.261 e. The monoisotopic (exact) mass is 486 g/mol. The molecule has 0 saturated heterocycles. The largest absolute Gasteiger partial charge is 0.483 e. The van der Waals surface area contributed by atoms with Crippen LogP contribution in [0.1, 0.15) is 33.3 Å². The number of amides is 2. The summed E-state index contributed by atoms with van der Waals surface area (Å²) >= 11 is 12.4. The van der Waals surface area contributed by atoms with Gasteiger partial charge in [-0.15, -0.1) is 0 Å². The Balaban J connectivity index is 1.83. The van der Waals surface area contributed by atoms with Gasteiger partial charge in [0, 0.05) is 27.5 Å². The molecule has 3 rings (SSSR count). The summed E-state index contributed by atoms with van der Waals surface area (Å²) in [5.74, 6) is 0.0225. The Kier molecular flexibility index (Phi) is 7.88. The number of hydrogen-bond acceptors (Lipinski definition) is 3. The highest BCUT2D eigenvalue weighted by atomic mass is 35.5. The maximum atomic E-state index is 13.3. The minimum absolute atomic E-state index is 0.145. The van der Waals surface area contributed by atoms with Gasteiger partial charge in [0.05, 0.1) is 0 Å². The zero-order valence-corrected chi connectivity index (χ0v) is 20.7. The number of fused-ring (bicyclic) bond motifs is 1. The molecule has 0 heterocycles. The highest BCUT2D eigenvalue weighted by molar-refractivity contribution is 6.35. The molecule has 3 aromatic carbocycles. The Bertz CT molecular complexity index is 1150. The minimum Gasteiger partial charge on any atom is -0.483 e. The third-order valence-electron chi connectivity index (χ3n) is 5.12. The summed E-state index contributed by atoms with van der Waals surface area (Å²) in [6.07, 6.45) is 0. The Morgan fingerprint density at radius 2 is 1.73 bits per heavy atom. The SMILES string of the molecule is CC(C(=O)NC(C)(C)C)N(Cc1ccc(Cl)cc1Cl)C(=O)COc1cccc2ccccc12. The van der Waals surface area contributed by atoms with Crippen LogP contribution in [0.3, 0.4) is 0 Å². The highest BCUT2D eigenvalue weighted by Crippen LogP contribution is 2.26. The lowest BCUT2D eigenvalue weighted by molar-refractivity contribution is -0.142. The number of ether oxygens (including phenoxy) is 1. The van der Waals surface area contributed by atoms with Crippen LogP contribution in [0.4, 0.5) is 0 Å². The van der Waals surface area contributed by atoms with Gasteiger partial charge in [0.1, 0.15) is 11.8 Å². The number of carbonyl (C=O) groups is 2. The van der Waals surface area contributed by atoms with E-state index < -0.39 is 11.6 Å². The van der Waals surface area contributed by atoms with Gasteiger partial charge in [0.15, 0.2) is 6.61 Å². The van der Waals surface area contributed by atoms with Crippen molar-refractivity contribution in [3.8, 4) is 5.75 Å². The van der Waals surface area contributed by atoms with Crippen molar-refractivity contribution in [1.82, 2.24) is 10.2 Å². The number of rotatable bonds is 7. The quantitative estimate of drug-likeness (QED) is 0.455. The van der Waals surface area contributed by atoms with Gasteiger partial charge in [0.2, 0.25) is 5.91 Å². The first-order valence-corrected chi connectivity index (χ1v) is 11.5. The molecule has 0 aliphatic heterocycles. The van der Waals surface area contributed by atoms with Crippen molar-refractivity contribution < 1.29 is 14.3 Å². The smallest absolute Gasteiger partial charge is 0.261 e. The number of nitrogens with one attached hydrogen (secondary N) is 1. The molecule has 1 unspecified atom stereocenters. The summed E-state index contributed by atoms with van der Waals surface area (Å²) in [4.78, 5) is 27.7. The van der Waals surface area contributed by atoms with E-state index in [-0.39, 0.29) is 25.0 Å². The molecule has 1 N–H and O–H groups in total. The van der Waals surface area contributed by atoms with E-state index in [9.17, 15) is 9.59 Å². The fourth-order valence-electron chi connectivity index (χ4n) is 3.43. The van der Waals surface area contributed by atoms with E-state index in [0.29, 0.717) is 21.4 Å². The van der Waals surface area contributed by atoms with Gasteiger partial charge in [-0.2, -0.15) is 0 Å². The standard InChI is InChI=1S/C26H28Cl2N2O3/c1-17(25(32)29-26(2,3)4)30(15-19-12-13-20(27)14-22(19)28)24(31)16-33-23-11-7-9-18-8-5-6-10-21(18)23/h5-14,17H,15-16H2,1-4H3,(H,29,32). The van der Waals surface area contributed by atoms with Crippen LogP contribution < -0.4 is 10.1 Å². The molecule has 0 aliphatic carbocycles. The van der Waals surface area contributed by atoms with Crippen LogP contribution in [0, 0.1) is 0 Å². The van der Waals surface area contributed by atoms with Crippen molar-refractivity contribution in [2.75, 3.05) is 6.61 Å². The number of halogens is 2. The molecule has 3 aromatic rings. The summed E-state index contributed by atoms with van der Waals surface area (Å²) in [6.45, 7) is 7.30. The van der Waals surface area contributed by atoms with Crippen LogP contribution in [0.2, 0.25) is 10.0 Å². The summed E-state index contributed by atoms with van der Waals surface area (Å²) < 4.78 is 5.90. The molecule has 174 valence electrons. The normalized spacial score (nSPS) is 12.3. The van der Waals surface area contributed by atoms with E-state index in [4.69, 9.17) is 27.9 Å². The molecule has 1 atom stereocenters. The van der Waals surface area contributed by atoms with Crippen LogP contribution in [-0.2, 0) is 16.1 Å². The molecular weight excluding hydrogens is 459 g/mol. The lowest BCUT2D eigenvalue weighted by Crippen LogP contribution is -2.53. The van der Waals surface area contributed by atoms with Crippen molar-refractivity contribution in [3.63, 3.8) is 0 Å². The first-order chi connectivity index (χ1) is 15.5. The summed E-state index contributed by atoms with van der Waals surface area (Å²) in [5.41, 5.74) is 0.257. The summed E-state index contributed by atoms with van der Waals surface area (Å²) in [6, 6.07) is 17.8. The highest BCUT2D eigenvalue weighted by Gasteiger charge is 2.29. The third kappa shape index (κ3) is 6.62. The second-order valence-corrected chi connectivity index (χ2v) is 9.78. The van der Waals surface area contributed by atoms with E-state index in [2.05, 4.69) is 5.32 Å². The molecule has 0 aromatic heterocycles. The van der Waals surface area contributed by atoms with Gasteiger partial charge >= 0.3 is 0 Å². The Morgan fingerprint density at radius 1 is 1.03 bits per heavy atom. The van der Waals surface area contributed by atoms with Crippen LogP contribution in [0.5, 0.6) is 5.75 Å². The summed E-state index contributed by atoms with van der Waals surface area (Å²) in [7, 11) is 0. The predicted octanol–water partition coefficient (Wildman–Crippen LogP) is 5.86. The van der Waals surface area contributed by atoms with Crippen molar-refractivity contribution in [3.05, 3.63) is 76.3 Å². The average molecular weight is 487 g/mol. The van der Waals surface area contributed by atoms with Gasteiger partial charge in [-0.3, -0.25) is 9.59 Å². The number of nitrogens with zero attached hydrogens (tertiary/aromatic N) is 1. The minimum atomic E-state index is -0.736. The second-order valence-electron chi connectivity index (χ2n) is 8.94. The molecule has 33 heavy (non-hydrogen) atoms. The van der Waals surface area contributed by atoms with E-state index in [1.165, 1.54) is 4.90 Å². The van der Waals surface area contributed by atoms with Crippen LogP contribution >= 0.6 is 23.2 Å². The van der Waals surface area contributed by atoms with Crippen LogP contribution in [-0.4, -0.2) is 34.9 Å². The number of hydrogen-bond donors (Lipinski definition) is 1. The fourth-order valence-corrected chi connectivity index (χ4v) is 3.90. The van der Waals surface area contributed by atoms with E-state index in [1.54, 1.807) is 25.1 Å². The molecular formula is C26H28Cl2N2O3. The van der Waals surface area contributed by atoms with Crippen LogP contribution in [0.25, 0.3) is 10.8 Å². The predicted molar refractivity (Wildman–Crippen MR) is 134 cm³/mol. The fraction of sp³-hybridized carbons (Fsp3) is 0.308.